The largest absolute Gasteiger partial charge is 0.463 e. The molecule has 0 atom stereocenters. The highest BCUT2D eigenvalue weighted by atomic mass is 79.9. The van der Waals surface area contributed by atoms with E-state index in [0.29, 0.717) is 4.47 Å². The van der Waals surface area contributed by atoms with Crippen LogP contribution in [0.3, 0.4) is 0 Å². The number of methoxy groups -OCH3 is 1. The molecule has 1 aromatic heterocycles. The van der Waals surface area contributed by atoms with Gasteiger partial charge in [-0.05, 0) is 18.2 Å². The summed E-state index contributed by atoms with van der Waals surface area (Å²) < 4.78 is 8.85. The fourth-order valence-electron chi connectivity index (χ4n) is 2.16. The fraction of sp³-hybridized carbons (Fsp3) is 0.143. The molecule has 0 fully saturated rings. The van der Waals surface area contributed by atoms with Crippen LogP contribution in [0.25, 0.3) is 0 Å². The number of carbonyl (C=O) groups is 4. The summed E-state index contributed by atoms with van der Waals surface area (Å²) in [5.74, 6) is -2.66. The lowest BCUT2D eigenvalue weighted by atomic mass is 10.1. The molecule has 25 heavy (non-hydrogen) atoms. The summed E-state index contributed by atoms with van der Waals surface area (Å²) in [5.41, 5.74) is 0.473. The van der Waals surface area contributed by atoms with Gasteiger partial charge in [0.05, 0.1) is 18.2 Å². The molecule has 0 spiro atoms. The van der Waals surface area contributed by atoms with Crippen molar-refractivity contribution in [3.63, 3.8) is 0 Å². The second-order valence-corrected chi connectivity index (χ2v) is 6.52. The summed E-state index contributed by atoms with van der Waals surface area (Å²) in [5, 5.41) is 2.45. The van der Waals surface area contributed by atoms with Crippen molar-refractivity contribution in [2.24, 2.45) is 0 Å². The summed E-state index contributed by atoms with van der Waals surface area (Å²) in [6, 6.07) is 4.69. The number of nitrogens with zero attached hydrogens (tertiary/aromatic N) is 3. The Hall–Kier alpha value is -2.66. The lowest BCUT2D eigenvalue weighted by Gasteiger charge is -2.12. The SMILES string of the molecule is COC(=O)c1nsc(NC(=O)CN2C(=O)c3ccc(Br)cc3C2=O)n1. The van der Waals surface area contributed by atoms with Gasteiger partial charge in [0, 0.05) is 16.0 Å². The zero-order chi connectivity index (χ0) is 18.1. The molecule has 0 bridgehead atoms. The number of aromatic nitrogens is 2. The molecule has 0 radical (unpaired) electrons. The number of ether oxygens (including phenoxy) is 1. The molecule has 9 nitrogen and oxygen atoms in total. The number of hydrogen-bond acceptors (Lipinski definition) is 8. The number of fused-ring (bicyclic) bond motifs is 1. The average Bonchev–Trinajstić information content (AvgIpc) is 3.13. The number of rotatable bonds is 4. The third kappa shape index (κ3) is 3.28. The topological polar surface area (TPSA) is 119 Å². The van der Waals surface area contributed by atoms with Crippen LogP contribution in [0, 0.1) is 0 Å². The lowest BCUT2D eigenvalue weighted by molar-refractivity contribution is -0.116. The zero-order valence-electron chi connectivity index (χ0n) is 12.6. The molecule has 1 N–H and O–H groups in total. The Morgan fingerprint density at radius 1 is 1.28 bits per heavy atom. The summed E-state index contributed by atoms with van der Waals surface area (Å²) >= 11 is 4.02. The maximum absolute atomic E-state index is 12.3. The Labute approximate surface area is 153 Å². The summed E-state index contributed by atoms with van der Waals surface area (Å²) in [4.78, 5) is 52.6. The molecule has 2 aromatic rings. The molecule has 11 heteroatoms. The van der Waals surface area contributed by atoms with Crippen molar-refractivity contribution in [1.82, 2.24) is 14.3 Å². The third-order valence-electron chi connectivity index (χ3n) is 3.27. The number of hydrogen-bond donors (Lipinski definition) is 1. The van der Waals surface area contributed by atoms with Gasteiger partial charge < -0.3 is 4.74 Å². The number of carbonyl (C=O) groups excluding carboxylic acids is 4. The summed E-state index contributed by atoms with van der Waals surface area (Å²) in [6.45, 7) is -0.475. The van der Waals surface area contributed by atoms with Gasteiger partial charge in [-0.25, -0.2) is 4.79 Å². The monoisotopic (exact) mass is 424 g/mol. The van der Waals surface area contributed by atoms with Gasteiger partial charge >= 0.3 is 5.97 Å². The summed E-state index contributed by atoms with van der Waals surface area (Å²) in [7, 11) is 1.18. The Morgan fingerprint density at radius 3 is 2.72 bits per heavy atom. The number of imide groups is 1. The summed E-state index contributed by atoms with van der Waals surface area (Å²) in [6.07, 6.45) is 0. The molecule has 0 aliphatic carbocycles. The molecule has 0 saturated carbocycles. The van der Waals surface area contributed by atoms with Gasteiger partial charge in [-0.2, -0.15) is 9.36 Å². The molecule has 1 aromatic carbocycles. The molecule has 2 heterocycles. The Morgan fingerprint density at radius 2 is 2.00 bits per heavy atom. The average molecular weight is 425 g/mol. The van der Waals surface area contributed by atoms with Crippen LogP contribution in [0.4, 0.5) is 5.13 Å². The Balaban J connectivity index is 1.70. The van der Waals surface area contributed by atoms with Crippen LogP contribution in [0.1, 0.15) is 31.3 Å². The van der Waals surface area contributed by atoms with Crippen molar-refractivity contribution in [2.45, 2.75) is 0 Å². The van der Waals surface area contributed by atoms with Crippen LogP contribution < -0.4 is 5.32 Å². The lowest BCUT2D eigenvalue weighted by Crippen LogP contribution is -2.37. The highest BCUT2D eigenvalue weighted by Crippen LogP contribution is 2.26. The van der Waals surface area contributed by atoms with Gasteiger partial charge in [-0.3, -0.25) is 24.6 Å². The first-order valence-electron chi connectivity index (χ1n) is 6.78. The van der Waals surface area contributed by atoms with Crippen molar-refractivity contribution in [1.29, 1.82) is 0 Å². The molecular weight excluding hydrogens is 416 g/mol. The van der Waals surface area contributed by atoms with Crippen LogP contribution in [0.15, 0.2) is 22.7 Å². The normalized spacial score (nSPS) is 13.0. The van der Waals surface area contributed by atoms with Crippen LogP contribution in [0.5, 0.6) is 0 Å². The number of halogens is 1. The van der Waals surface area contributed by atoms with Gasteiger partial charge in [0.1, 0.15) is 6.54 Å². The maximum atomic E-state index is 12.3. The van der Waals surface area contributed by atoms with Gasteiger partial charge in [0.25, 0.3) is 17.6 Å². The van der Waals surface area contributed by atoms with Crippen molar-refractivity contribution in [3.05, 3.63) is 39.6 Å². The number of esters is 1. The quantitative estimate of drug-likeness (QED) is 0.580. The standard InChI is InChI=1S/C14H9BrN4O5S/c1-24-13(23)10-17-14(25-18-10)16-9(20)5-19-11(21)7-3-2-6(15)4-8(7)12(19)22/h2-4H,5H2,1H3,(H,16,17,18,20). The van der Waals surface area contributed by atoms with Crippen molar-refractivity contribution < 1.29 is 23.9 Å². The van der Waals surface area contributed by atoms with E-state index in [4.69, 9.17) is 0 Å². The first kappa shape index (κ1) is 17.2. The first-order chi connectivity index (χ1) is 11.9. The molecule has 0 unspecified atom stereocenters. The third-order valence-corrected chi connectivity index (χ3v) is 4.40. The van der Waals surface area contributed by atoms with E-state index in [1.54, 1.807) is 6.07 Å². The molecular formula is C14H9BrN4O5S. The molecule has 128 valence electrons. The van der Waals surface area contributed by atoms with Gasteiger partial charge in [-0.15, -0.1) is 0 Å². The van der Waals surface area contributed by atoms with Crippen LogP contribution in [-0.4, -0.2) is 51.6 Å². The van der Waals surface area contributed by atoms with Crippen LogP contribution >= 0.6 is 27.5 Å². The van der Waals surface area contributed by atoms with E-state index in [9.17, 15) is 19.2 Å². The Bertz CT molecular complexity index is 912. The van der Waals surface area contributed by atoms with Crippen LogP contribution in [0.2, 0.25) is 0 Å². The Kier molecular flexibility index (Phi) is 4.59. The highest BCUT2D eigenvalue weighted by Gasteiger charge is 2.36. The molecule has 3 rings (SSSR count). The second kappa shape index (κ2) is 6.69. The molecule has 3 amide bonds. The first-order valence-corrected chi connectivity index (χ1v) is 8.35. The molecule has 1 aliphatic heterocycles. The van der Waals surface area contributed by atoms with Gasteiger partial charge in [0.15, 0.2) is 0 Å². The number of benzene rings is 1. The minimum absolute atomic E-state index is 0.0600. The predicted octanol–water partition coefficient (Wildman–Crippen LogP) is 1.32. The minimum Gasteiger partial charge on any atom is -0.463 e. The predicted molar refractivity (Wildman–Crippen MR) is 89.4 cm³/mol. The second-order valence-electron chi connectivity index (χ2n) is 4.85. The number of anilines is 1. The molecule has 0 saturated heterocycles. The number of amides is 3. The van der Waals surface area contributed by atoms with E-state index in [1.165, 1.54) is 19.2 Å². The van der Waals surface area contributed by atoms with Crippen molar-refractivity contribution in [2.75, 3.05) is 19.0 Å². The zero-order valence-corrected chi connectivity index (χ0v) is 15.0. The smallest absolute Gasteiger partial charge is 0.377 e. The molecule has 1 aliphatic rings. The van der Waals surface area contributed by atoms with Crippen molar-refractivity contribution >= 4 is 56.3 Å². The van der Waals surface area contributed by atoms with E-state index in [0.717, 1.165) is 16.4 Å². The highest BCUT2D eigenvalue weighted by molar-refractivity contribution is 9.10. The van der Waals surface area contributed by atoms with E-state index < -0.39 is 30.2 Å². The van der Waals surface area contributed by atoms with E-state index in [2.05, 4.69) is 35.3 Å². The maximum Gasteiger partial charge on any atom is 0.377 e. The van der Waals surface area contributed by atoms with E-state index >= 15 is 0 Å². The van der Waals surface area contributed by atoms with E-state index in [1.807, 2.05) is 0 Å². The van der Waals surface area contributed by atoms with E-state index in [-0.39, 0.29) is 22.1 Å². The fourth-order valence-corrected chi connectivity index (χ4v) is 3.09. The van der Waals surface area contributed by atoms with Crippen LogP contribution in [-0.2, 0) is 9.53 Å². The van der Waals surface area contributed by atoms with Gasteiger partial charge in [0.2, 0.25) is 11.0 Å². The number of nitrogens with one attached hydrogen (secondary N) is 1. The minimum atomic E-state index is -0.734. The van der Waals surface area contributed by atoms with Crippen molar-refractivity contribution in [3.8, 4) is 0 Å². The van der Waals surface area contributed by atoms with Gasteiger partial charge in [-0.1, -0.05) is 15.9 Å².